The predicted molar refractivity (Wildman–Crippen MR) is 57.2 cm³/mol. The van der Waals surface area contributed by atoms with Crippen LogP contribution in [-0.4, -0.2) is 5.78 Å². The van der Waals surface area contributed by atoms with Gasteiger partial charge in [-0.05, 0) is 17.7 Å². The van der Waals surface area contributed by atoms with Crippen LogP contribution in [0, 0.1) is 5.92 Å². The maximum atomic E-state index is 11.4. The molecule has 0 N–H and O–H groups in total. The van der Waals surface area contributed by atoms with E-state index >= 15 is 0 Å². The van der Waals surface area contributed by atoms with Crippen LogP contribution in [0.25, 0.3) is 0 Å². The Kier molecular flexibility index (Phi) is 3.55. The molecular weight excluding hydrogens is 180 g/mol. The SMILES string of the molecule is CC(C)C(=O)Cc1ccc(S)cc1. The summed E-state index contributed by atoms with van der Waals surface area (Å²) < 4.78 is 0. The van der Waals surface area contributed by atoms with Crippen molar-refractivity contribution in [3.8, 4) is 0 Å². The Morgan fingerprint density at radius 3 is 2.31 bits per heavy atom. The summed E-state index contributed by atoms with van der Waals surface area (Å²) in [5.74, 6) is 0.405. The van der Waals surface area contributed by atoms with Gasteiger partial charge in [-0.1, -0.05) is 26.0 Å². The summed E-state index contributed by atoms with van der Waals surface area (Å²) in [6.07, 6.45) is 0.533. The minimum Gasteiger partial charge on any atom is -0.299 e. The molecule has 0 atom stereocenters. The van der Waals surface area contributed by atoms with Crippen molar-refractivity contribution in [3.05, 3.63) is 29.8 Å². The molecule has 13 heavy (non-hydrogen) atoms. The summed E-state index contributed by atoms with van der Waals surface area (Å²) in [6.45, 7) is 3.85. The van der Waals surface area contributed by atoms with E-state index in [2.05, 4.69) is 12.6 Å². The molecule has 0 spiro atoms. The molecule has 0 aliphatic carbocycles. The van der Waals surface area contributed by atoms with Gasteiger partial charge in [0.15, 0.2) is 0 Å². The molecule has 1 aromatic rings. The predicted octanol–water partition coefficient (Wildman–Crippen LogP) is 2.74. The van der Waals surface area contributed by atoms with E-state index in [-0.39, 0.29) is 11.7 Å². The van der Waals surface area contributed by atoms with Crippen molar-refractivity contribution in [2.75, 3.05) is 0 Å². The van der Waals surface area contributed by atoms with Gasteiger partial charge in [-0.3, -0.25) is 4.79 Å². The van der Waals surface area contributed by atoms with Crippen molar-refractivity contribution < 1.29 is 4.79 Å². The molecule has 0 unspecified atom stereocenters. The highest BCUT2D eigenvalue weighted by Crippen LogP contribution is 2.10. The molecule has 0 heterocycles. The standard InChI is InChI=1S/C11H14OS/c1-8(2)11(12)7-9-3-5-10(13)6-4-9/h3-6,8,13H,7H2,1-2H3. The minimum absolute atomic E-state index is 0.121. The lowest BCUT2D eigenvalue weighted by Gasteiger charge is -2.03. The molecule has 0 aliphatic heterocycles. The average Bonchev–Trinajstić information content (AvgIpc) is 2.08. The Bertz CT molecular complexity index is 287. The topological polar surface area (TPSA) is 17.1 Å². The number of benzene rings is 1. The van der Waals surface area contributed by atoms with Crippen LogP contribution in [0.3, 0.4) is 0 Å². The van der Waals surface area contributed by atoms with Crippen molar-refractivity contribution in [2.45, 2.75) is 25.2 Å². The molecule has 0 amide bonds. The van der Waals surface area contributed by atoms with Crippen LogP contribution in [0.4, 0.5) is 0 Å². The zero-order chi connectivity index (χ0) is 9.84. The Morgan fingerprint density at radius 2 is 1.85 bits per heavy atom. The largest absolute Gasteiger partial charge is 0.299 e. The van der Waals surface area contributed by atoms with Crippen LogP contribution >= 0.6 is 12.6 Å². The molecule has 0 radical (unpaired) electrons. The number of ketones is 1. The monoisotopic (exact) mass is 194 g/mol. The zero-order valence-corrected chi connectivity index (χ0v) is 8.84. The Hall–Kier alpha value is -0.760. The summed E-state index contributed by atoms with van der Waals surface area (Å²) in [4.78, 5) is 12.3. The molecule has 0 saturated carbocycles. The lowest BCUT2D eigenvalue weighted by molar-refractivity contribution is -0.121. The smallest absolute Gasteiger partial charge is 0.139 e. The van der Waals surface area contributed by atoms with Crippen LogP contribution in [0.2, 0.25) is 0 Å². The molecule has 2 heteroatoms. The fourth-order valence-electron chi connectivity index (χ4n) is 1.02. The van der Waals surface area contributed by atoms with Crippen LogP contribution in [0.1, 0.15) is 19.4 Å². The summed E-state index contributed by atoms with van der Waals surface area (Å²) in [7, 11) is 0. The number of carbonyl (C=O) groups excluding carboxylic acids is 1. The van der Waals surface area contributed by atoms with Gasteiger partial charge < -0.3 is 0 Å². The summed E-state index contributed by atoms with van der Waals surface area (Å²) in [6, 6.07) is 7.71. The first kappa shape index (κ1) is 10.3. The van der Waals surface area contributed by atoms with Gasteiger partial charge in [0.05, 0.1) is 0 Å². The van der Waals surface area contributed by atoms with E-state index in [9.17, 15) is 4.79 Å². The van der Waals surface area contributed by atoms with E-state index in [0.29, 0.717) is 6.42 Å². The quantitative estimate of drug-likeness (QED) is 0.732. The van der Waals surface area contributed by atoms with Crippen molar-refractivity contribution in [2.24, 2.45) is 5.92 Å². The van der Waals surface area contributed by atoms with Gasteiger partial charge in [-0.2, -0.15) is 0 Å². The van der Waals surface area contributed by atoms with Gasteiger partial charge in [0.2, 0.25) is 0 Å². The molecular formula is C11H14OS. The number of hydrogen-bond donors (Lipinski definition) is 1. The van der Waals surface area contributed by atoms with Crippen LogP contribution in [0.5, 0.6) is 0 Å². The highest BCUT2D eigenvalue weighted by molar-refractivity contribution is 7.80. The van der Waals surface area contributed by atoms with E-state index in [4.69, 9.17) is 0 Å². The molecule has 0 saturated heterocycles. The third-order valence-electron chi connectivity index (χ3n) is 1.96. The molecule has 0 aliphatic rings. The maximum absolute atomic E-state index is 11.4. The molecule has 1 aromatic carbocycles. The summed E-state index contributed by atoms with van der Waals surface area (Å²) in [5, 5.41) is 0. The highest BCUT2D eigenvalue weighted by atomic mass is 32.1. The Labute approximate surface area is 84.6 Å². The van der Waals surface area contributed by atoms with E-state index in [1.165, 1.54) is 0 Å². The van der Waals surface area contributed by atoms with Gasteiger partial charge in [0, 0.05) is 17.2 Å². The summed E-state index contributed by atoms with van der Waals surface area (Å²) >= 11 is 4.18. The van der Waals surface area contributed by atoms with E-state index < -0.39 is 0 Å². The van der Waals surface area contributed by atoms with Crippen LogP contribution in [0.15, 0.2) is 29.2 Å². The second kappa shape index (κ2) is 4.47. The molecule has 0 fully saturated rings. The second-order valence-corrected chi connectivity index (χ2v) is 3.98. The third kappa shape index (κ3) is 3.23. The van der Waals surface area contributed by atoms with Crippen LogP contribution < -0.4 is 0 Å². The highest BCUT2D eigenvalue weighted by Gasteiger charge is 2.07. The number of rotatable bonds is 3. The van der Waals surface area contributed by atoms with E-state index in [0.717, 1.165) is 10.5 Å². The van der Waals surface area contributed by atoms with Gasteiger partial charge in [0.25, 0.3) is 0 Å². The summed E-state index contributed by atoms with van der Waals surface area (Å²) in [5.41, 5.74) is 1.07. The lowest BCUT2D eigenvalue weighted by atomic mass is 10.0. The molecule has 1 rings (SSSR count). The molecule has 0 aromatic heterocycles. The number of Topliss-reactive ketones (excluding diaryl/α,β-unsaturated/α-hetero) is 1. The van der Waals surface area contributed by atoms with Gasteiger partial charge in [-0.25, -0.2) is 0 Å². The fraction of sp³-hybridized carbons (Fsp3) is 0.364. The first-order chi connectivity index (χ1) is 6.09. The van der Waals surface area contributed by atoms with E-state index in [1.807, 2.05) is 38.1 Å². The fourth-order valence-corrected chi connectivity index (χ4v) is 1.17. The number of thiol groups is 1. The maximum Gasteiger partial charge on any atom is 0.139 e. The zero-order valence-electron chi connectivity index (χ0n) is 7.95. The molecule has 70 valence electrons. The molecule has 1 nitrogen and oxygen atoms in total. The first-order valence-electron chi connectivity index (χ1n) is 4.40. The van der Waals surface area contributed by atoms with E-state index in [1.54, 1.807) is 0 Å². The lowest BCUT2D eigenvalue weighted by Crippen LogP contribution is -2.09. The van der Waals surface area contributed by atoms with Gasteiger partial charge >= 0.3 is 0 Å². The Morgan fingerprint density at radius 1 is 1.31 bits per heavy atom. The minimum atomic E-state index is 0.121. The van der Waals surface area contributed by atoms with Crippen molar-refractivity contribution >= 4 is 18.4 Å². The van der Waals surface area contributed by atoms with Crippen molar-refractivity contribution in [1.29, 1.82) is 0 Å². The van der Waals surface area contributed by atoms with Gasteiger partial charge in [-0.15, -0.1) is 12.6 Å². The Balaban J connectivity index is 2.65. The molecule has 0 bridgehead atoms. The van der Waals surface area contributed by atoms with Crippen molar-refractivity contribution in [1.82, 2.24) is 0 Å². The van der Waals surface area contributed by atoms with Gasteiger partial charge in [0.1, 0.15) is 5.78 Å². The third-order valence-corrected chi connectivity index (χ3v) is 2.26. The number of carbonyl (C=O) groups is 1. The second-order valence-electron chi connectivity index (χ2n) is 3.46. The number of hydrogen-bond acceptors (Lipinski definition) is 2. The van der Waals surface area contributed by atoms with Crippen LogP contribution in [-0.2, 0) is 11.2 Å². The normalized spacial score (nSPS) is 10.5. The van der Waals surface area contributed by atoms with Crippen molar-refractivity contribution in [3.63, 3.8) is 0 Å². The first-order valence-corrected chi connectivity index (χ1v) is 4.85. The average molecular weight is 194 g/mol.